The molecule has 0 spiro atoms. The molecule has 38 heavy (non-hydrogen) atoms. The molecule has 1 N–H and O–H groups in total. The second-order valence-corrected chi connectivity index (χ2v) is 10.00. The number of amides is 1. The highest BCUT2D eigenvalue weighted by Crippen LogP contribution is 2.31. The lowest BCUT2D eigenvalue weighted by molar-refractivity contribution is -0.137. The molecule has 2 aromatic carbocycles. The summed E-state index contributed by atoms with van der Waals surface area (Å²) < 4.78 is 59.5. The van der Waals surface area contributed by atoms with Gasteiger partial charge in [0.15, 0.2) is 16.0 Å². The summed E-state index contributed by atoms with van der Waals surface area (Å²) in [5.74, 6) is 0.0620. The summed E-state index contributed by atoms with van der Waals surface area (Å²) in [6, 6.07) is 14.3. The molecule has 194 valence electrons. The van der Waals surface area contributed by atoms with Crippen LogP contribution in [0, 0.1) is 5.82 Å². The van der Waals surface area contributed by atoms with Gasteiger partial charge in [0.1, 0.15) is 5.82 Å². The van der Waals surface area contributed by atoms with E-state index in [1.165, 1.54) is 42.0 Å². The fourth-order valence-electron chi connectivity index (χ4n) is 3.54. The highest BCUT2D eigenvalue weighted by Gasteiger charge is 2.30. The van der Waals surface area contributed by atoms with E-state index < -0.39 is 17.6 Å². The molecular weight excluding hydrogens is 542 g/mol. The van der Waals surface area contributed by atoms with Crippen LogP contribution >= 0.6 is 23.1 Å². The highest BCUT2D eigenvalue weighted by atomic mass is 32.2. The van der Waals surface area contributed by atoms with Crippen molar-refractivity contribution in [2.75, 3.05) is 11.1 Å². The van der Waals surface area contributed by atoms with Crippen molar-refractivity contribution in [3.63, 3.8) is 0 Å². The number of halogens is 4. The van der Waals surface area contributed by atoms with E-state index in [0.29, 0.717) is 38.0 Å². The second kappa shape index (κ2) is 10.8. The average Bonchev–Trinajstić information content (AvgIpc) is 3.64. The molecule has 0 fully saturated rings. The first-order valence-corrected chi connectivity index (χ1v) is 12.9. The lowest BCUT2D eigenvalue weighted by Crippen LogP contribution is -2.14. The van der Waals surface area contributed by atoms with Gasteiger partial charge in [-0.3, -0.25) is 9.36 Å². The van der Waals surface area contributed by atoms with Crippen molar-refractivity contribution in [3.8, 4) is 17.3 Å². The Balaban J connectivity index is 1.25. The van der Waals surface area contributed by atoms with Gasteiger partial charge in [-0.25, -0.2) is 9.37 Å². The molecule has 5 rings (SSSR count). The van der Waals surface area contributed by atoms with E-state index in [4.69, 9.17) is 4.42 Å². The molecule has 0 radical (unpaired) electrons. The van der Waals surface area contributed by atoms with Gasteiger partial charge in [0.2, 0.25) is 11.7 Å². The third-order valence-electron chi connectivity index (χ3n) is 5.22. The fourth-order valence-corrected chi connectivity index (χ4v) is 5.16. The minimum atomic E-state index is -4.42. The van der Waals surface area contributed by atoms with Gasteiger partial charge in [-0.05, 0) is 48.0 Å². The van der Waals surface area contributed by atoms with E-state index in [1.54, 1.807) is 34.9 Å². The highest BCUT2D eigenvalue weighted by molar-refractivity contribution is 7.99. The maximum atomic E-state index is 13.5. The molecule has 0 unspecified atom stereocenters. The Labute approximate surface area is 221 Å². The van der Waals surface area contributed by atoms with Crippen LogP contribution in [0.2, 0.25) is 0 Å². The van der Waals surface area contributed by atoms with Crippen molar-refractivity contribution in [2.24, 2.45) is 0 Å². The standard InChI is InChI=1S/C25H17F4N5O2S2/c26-17-6-8-18(9-7-17)34-22(20-5-2-10-36-20)32-33-24(34)37-14-21(35)31-23-30-13-19(38-23)12-15-3-1-4-16(11-15)25(27,28)29/h1-11,13H,12,14H2,(H,30,31,35). The smallest absolute Gasteiger partial charge is 0.416 e. The monoisotopic (exact) mass is 559 g/mol. The minimum Gasteiger partial charge on any atom is -0.461 e. The molecule has 0 aliphatic heterocycles. The molecule has 0 aliphatic carbocycles. The molecule has 0 bridgehead atoms. The van der Waals surface area contributed by atoms with E-state index in [-0.39, 0.29) is 18.1 Å². The number of carbonyl (C=O) groups excluding carboxylic acids is 1. The summed E-state index contributed by atoms with van der Waals surface area (Å²) in [5.41, 5.74) is 0.364. The van der Waals surface area contributed by atoms with Gasteiger partial charge < -0.3 is 9.73 Å². The topological polar surface area (TPSA) is 85.8 Å². The maximum absolute atomic E-state index is 13.5. The van der Waals surface area contributed by atoms with Crippen LogP contribution in [0.5, 0.6) is 0 Å². The third kappa shape index (κ3) is 5.94. The predicted octanol–water partition coefficient (Wildman–Crippen LogP) is 6.46. The molecule has 0 atom stereocenters. The van der Waals surface area contributed by atoms with Gasteiger partial charge in [-0.15, -0.1) is 21.5 Å². The van der Waals surface area contributed by atoms with Gasteiger partial charge in [-0.2, -0.15) is 13.2 Å². The van der Waals surface area contributed by atoms with Gasteiger partial charge >= 0.3 is 6.18 Å². The molecule has 7 nitrogen and oxygen atoms in total. The van der Waals surface area contributed by atoms with Crippen LogP contribution in [0.25, 0.3) is 17.3 Å². The number of anilines is 1. The van der Waals surface area contributed by atoms with Crippen molar-refractivity contribution in [1.82, 2.24) is 19.7 Å². The molecule has 0 saturated carbocycles. The van der Waals surface area contributed by atoms with Crippen LogP contribution in [0.3, 0.4) is 0 Å². The number of hydrogen-bond acceptors (Lipinski definition) is 7. The van der Waals surface area contributed by atoms with Gasteiger partial charge in [0.05, 0.1) is 23.3 Å². The average molecular weight is 560 g/mol. The maximum Gasteiger partial charge on any atom is 0.416 e. The number of hydrogen-bond donors (Lipinski definition) is 1. The molecule has 5 aromatic rings. The summed E-state index contributed by atoms with van der Waals surface area (Å²) in [4.78, 5) is 17.5. The Kier molecular flexibility index (Phi) is 7.29. The van der Waals surface area contributed by atoms with E-state index in [2.05, 4.69) is 20.5 Å². The number of thioether (sulfide) groups is 1. The van der Waals surface area contributed by atoms with Crippen LogP contribution < -0.4 is 5.32 Å². The Bertz CT molecular complexity index is 1550. The number of carbonyl (C=O) groups is 1. The van der Waals surface area contributed by atoms with E-state index in [9.17, 15) is 22.4 Å². The van der Waals surface area contributed by atoms with Crippen molar-refractivity contribution >= 4 is 34.1 Å². The summed E-state index contributed by atoms with van der Waals surface area (Å²) in [7, 11) is 0. The van der Waals surface area contributed by atoms with E-state index in [1.807, 2.05) is 0 Å². The lowest BCUT2D eigenvalue weighted by atomic mass is 10.1. The number of alkyl halides is 3. The lowest BCUT2D eigenvalue weighted by Gasteiger charge is -2.09. The summed E-state index contributed by atoms with van der Waals surface area (Å²) >= 11 is 2.30. The van der Waals surface area contributed by atoms with Crippen LogP contribution in [-0.2, 0) is 17.4 Å². The first-order chi connectivity index (χ1) is 18.3. The molecule has 3 aromatic heterocycles. The molecule has 13 heteroatoms. The van der Waals surface area contributed by atoms with Crippen LogP contribution in [0.1, 0.15) is 16.0 Å². The molecule has 0 saturated heterocycles. The van der Waals surface area contributed by atoms with Crippen molar-refractivity contribution in [1.29, 1.82) is 0 Å². The fraction of sp³-hybridized carbons (Fsp3) is 0.120. The Morgan fingerprint density at radius 3 is 2.63 bits per heavy atom. The van der Waals surface area contributed by atoms with Crippen LogP contribution in [0.4, 0.5) is 22.7 Å². The Morgan fingerprint density at radius 2 is 1.89 bits per heavy atom. The Morgan fingerprint density at radius 1 is 1.08 bits per heavy atom. The molecule has 3 heterocycles. The summed E-state index contributed by atoms with van der Waals surface area (Å²) in [6.07, 6.45) is -1.15. The molecular formula is C25H17F4N5O2S2. The Hall–Kier alpha value is -3.97. The van der Waals surface area contributed by atoms with E-state index >= 15 is 0 Å². The first kappa shape index (κ1) is 25.7. The SMILES string of the molecule is O=C(CSc1nnc(-c2ccco2)n1-c1ccc(F)cc1)Nc1ncc(Cc2cccc(C(F)(F)F)c2)s1. The number of thiazole rings is 1. The van der Waals surface area contributed by atoms with E-state index in [0.717, 1.165) is 23.9 Å². The number of furan rings is 1. The number of rotatable bonds is 8. The first-order valence-electron chi connectivity index (χ1n) is 11.0. The van der Waals surface area contributed by atoms with Gasteiger partial charge in [0, 0.05) is 17.5 Å². The largest absolute Gasteiger partial charge is 0.461 e. The van der Waals surface area contributed by atoms with Crippen molar-refractivity contribution < 1.29 is 26.8 Å². The third-order valence-corrected chi connectivity index (χ3v) is 7.07. The molecule has 1 amide bonds. The number of benzene rings is 2. The minimum absolute atomic E-state index is 0.0278. The van der Waals surface area contributed by atoms with Crippen molar-refractivity contribution in [3.05, 3.63) is 94.9 Å². The van der Waals surface area contributed by atoms with Gasteiger partial charge in [0.25, 0.3) is 0 Å². The van der Waals surface area contributed by atoms with Gasteiger partial charge in [-0.1, -0.05) is 30.0 Å². The predicted molar refractivity (Wildman–Crippen MR) is 135 cm³/mol. The quantitative estimate of drug-likeness (QED) is 0.173. The van der Waals surface area contributed by atoms with Crippen LogP contribution in [0.15, 0.2) is 82.7 Å². The number of aromatic nitrogens is 4. The molecule has 0 aliphatic rings. The number of nitrogens with one attached hydrogen (secondary N) is 1. The zero-order chi connectivity index (χ0) is 26.7. The summed E-state index contributed by atoms with van der Waals surface area (Å²) in [6.45, 7) is 0. The normalized spacial score (nSPS) is 11.6. The van der Waals surface area contributed by atoms with Crippen molar-refractivity contribution in [2.45, 2.75) is 17.8 Å². The van der Waals surface area contributed by atoms with Crippen LogP contribution in [-0.4, -0.2) is 31.4 Å². The zero-order valence-electron chi connectivity index (χ0n) is 19.3. The summed E-state index contributed by atoms with van der Waals surface area (Å²) in [5, 5.41) is 11.8. The zero-order valence-corrected chi connectivity index (χ0v) is 20.9. The number of nitrogens with zero attached hydrogens (tertiary/aromatic N) is 4. The second-order valence-electron chi connectivity index (χ2n) is 7.94.